The molecular weight excluding hydrogens is 604 g/mol. The Morgan fingerprint density at radius 3 is 2.14 bits per heavy atom. The molecule has 1 amide bonds. The Kier molecular flexibility index (Phi) is 8.45. The monoisotopic (exact) mass is 618 g/mol. The van der Waals surface area contributed by atoms with Crippen LogP contribution < -0.4 is 9.50 Å². The van der Waals surface area contributed by atoms with E-state index in [2.05, 4.69) is 41.9 Å². The first-order valence-corrected chi connectivity index (χ1v) is 12.7. The van der Waals surface area contributed by atoms with Crippen LogP contribution >= 0.6 is 31.9 Å². The number of benzene rings is 3. The highest BCUT2D eigenvalue weighted by Crippen LogP contribution is 2.37. The fourth-order valence-electron chi connectivity index (χ4n) is 2.81. The standard InChI is InChI=1S/C24H16Br2N2O6S/c1-33-24(30)16-7-9-18(10-8-16)28-23(29)17(14-27)11-15-12-20(25)22(21(26)13-15)34-35(31,32)19-5-3-2-4-6-19/h2-13H,1H3,(H,28,29)/b17-11+. The van der Waals surface area contributed by atoms with Gasteiger partial charge >= 0.3 is 16.1 Å². The SMILES string of the molecule is COC(=O)c1ccc(NC(=O)/C(C#N)=C/c2cc(Br)c(OS(=O)(=O)c3ccccc3)c(Br)c2)cc1. The average molecular weight is 620 g/mol. The molecule has 0 atom stereocenters. The van der Waals surface area contributed by atoms with Crippen molar-refractivity contribution in [3.05, 3.63) is 92.4 Å². The molecule has 3 aromatic rings. The van der Waals surface area contributed by atoms with Crippen molar-refractivity contribution in [2.24, 2.45) is 0 Å². The van der Waals surface area contributed by atoms with Gasteiger partial charge < -0.3 is 14.2 Å². The molecule has 0 heterocycles. The van der Waals surface area contributed by atoms with E-state index in [-0.39, 0.29) is 25.2 Å². The van der Waals surface area contributed by atoms with Gasteiger partial charge in [0, 0.05) is 5.69 Å². The second-order valence-corrected chi connectivity index (χ2v) is 10.1. The maximum absolute atomic E-state index is 12.6. The van der Waals surface area contributed by atoms with Gasteiger partial charge in [-0.2, -0.15) is 13.7 Å². The van der Waals surface area contributed by atoms with Crippen LogP contribution in [0.15, 0.2) is 86.1 Å². The lowest BCUT2D eigenvalue weighted by molar-refractivity contribution is -0.112. The van der Waals surface area contributed by atoms with Crippen molar-refractivity contribution in [2.75, 3.05) is 12.4 Å². The Morgan fingerprint density at radius 1 is 1.00 bits per heavy atom. The van der Waals surface area contributed by atoms with Gasteiger partial charge in [0.2, 0.25) is 0 Å². The zero-order valence-corrected chi connectivity index (χ0v) is 22.0. The predicted octanol–water partition coefficient (Wildman–Crippen LogP) is 5.31. The zero-order chi connectivity index (χ0) is 25.6. The van der Waals surface area contributed by atoms with Crippen LogP contribution in [0, 0.1) is 11.3 Å². The van der Waals surface area contributed by atoms with Gasteiger partial charge in [-0.05, 0) is 92.0 Å². The van der Waals surface area contributed by atoms with E-state index in [0.717, 1.165) is 0 Å². The number of rotatable bonds is 7. The molecule has 0 saturated carbocycles. The third kappa shape index (κ3) is 6.57. The van der Waals surface area contributed by atoms with E-state index in [4.69, 9.17) is 4.18 Å². The van der Waals surface area contributed by atoms with E-state index >= 15 is 0 Å². The average Bonchev–Trinajstić information content (AvgIpc) is 2.85. The summed E-state index contributed by atoms with van der Waals surface area (Å²) in [5.74, 6) is -1.17. The van der Waals surface area contributed by atoms with Crippen LogP contribution in [0.5, 0.6) is 5.75 Å². The quantitative estimate of drug-likeness (QED) is 0.164. The number of carbonyl (C=O) groups excluding carboxylic acids is 2. The molecule has 0 radical (unpaired) electrons. The maximum Gasteiger partial charge on any atom is 0.339 e. The van der Waals surface area contributed by atoms with Crippen LogP contribution in [-0.4, -0.2) is 27.4 Å². The van der Waals surface area contributed by atoms with Crippen LogP contribution in [0.25, 0.3) is 6.08 Å². The fraction of sp³-hybridized carbons (Fsp3) is 0.0417. The number of hydrogen-bond donors (Lipinski definition) is 1. The molecule has 0 aliphatic heterocycles. The van der Waals surface area contributed by atoms with Gasteiger partial charge in [0.15, 0.2) is 5.75 Å². The summed E-state index contributed by atoms with van der Waals surface area (Å²) in [5, 5.41) is 12.1. The summed E-state index contributed by atoms with van der Waals surface area (Å²) in [4.78, 5) is 24.1. The van der Waals surface area contributed by atoms with Gasteiger partial charge in [-0.3, -0.25) is 4.79 Å². The summed E-state index contributed by atoms with van der Waals surface area (Å²) >= 11 is 6.56. The number of hydrogen-bond acceptors (Lipinski definition) is 7. The highest BCUT2D eigenvalue weighted by atomic mass is 79.9. The molecule has 0 saturated heterocycles. The van der Waals surface area contributed by atoms with Crippen molar-refractivity contribution < 1.29 is 26.9 Å². The molecule has 8 nitrogen and oxygen atoms in total. The first-order chi connectivity index (χ1) is 16.6. The molecule has 0 aliphatic carbocycles. The van der Waals surface area contributed by atoms with E-state index < -0.39 is 22.0 Å². The number of ether oxygens (including phenoxy) is 1. The highest BCUT2D eigenvalue weighted by molar-refractivity contribution is 9.11. The van der Waals surface area contributed by atoms with E-state index in [1.54, 1.807) is 18.2 Å². The molecule has 3 aromatic carbocycles. The number of methoxy groups -OCH3 is 1. The van der Waals surface area contributed by atoms with Crippen molar-refractivity contribution in [3.63, 3.8) is 0 Å². The molecule has 0 aliphatic rings. The Morgan fingerprint density at radius 2 is 1.60 bits per heavy atom. The number of carbonyl (C=O) groups is 2. The molecule has 1 N–H and O–H groups in total. The number of nitrogens with zero attached hydrogens (tertiary/aromatic N) is 1. The third-order valence-corrected chi connectivity index (χ3v) is 6.90. The van der Waals surface area contributed by atoms with Gasteiger partial charge in [0.1, 0.15) is 16.5 Å². The molecule has 0 bridgehead atoms. The first-order valence-electron chi connectivity index (χ1n) is 9.74. The second-order valence-electron chi connectivity index (χ2n) is 6.86. The molecule has 0 aromatic heterocycles. The predicted molar refractivity (Wildman–Crippen MR) is 136 cm³/mol. The van der Waals surface area contributed by atoms with Crippen LogP contribution in [0.4, 0.5) is 5.69 Å². The summed E-state index contributed by atoms with van der Waals surface area (Å²) in [6.45, 7) is 0. The molecule has 0 spiro atoms. The Labute approximate surface area is 218 Å². The summed E-state index contributed by atoms with van der Waals surface area (Å²) in [7, 11) is -2.81. The molecule has 178 valence electrons. The Hall–Kier alpha value is -3.46. The first kappa shape index (κ1) is 26.2. The van der Waals surface area contributed by atoms with Crippen molar-refractivity contribution in [2.45, 2.75) is 4.90 Å². The van der Waals surface area contributed by atoms with Crippen molar-refractivity contribution in [3.8, 4) is 11.8 Å². The van der Waals surface area contributed by atoms with Gasteiger partial charge in [-0.1, -0.05) is 18.2 Å². The second kappa shape index (κ2) is 11.3. The topological polar surface area (TPSA) is 123 Å². The minimum Gasteiger partial charge on any atom is -0.465 e. The summed E-state index contributed by atoms with van der Waals surface area (Å²) < 4.78 is 35.6. The van der Waals surface area contributed by atoms with E-state index in [9.17, 15) is 23.3 Å². The molecule has 11 heteroatoms. The van der Waals surface area contributed by atoms with Crippen molar-refractivity contribution in [1.82, 2.24) is 0 Å². The number of nitrogens with one attached hydrogen (secondary N) is 1. The van der Waals surface area contributed by atoms with Crippen LogP contribution in [0.3, 0.4) is 0 Å². The molecule has 0 unspecified atom stereocenters. The smallest absolute Gasteiger partial charge is 0.339 e. The van der Waals surface area contributed by atoms with E-state index in [1.165, 1.54) is 61.7 Å². The number of esters is 1. The minimum absolute atomic E-state index is 0.00849. The van der Waals surface area contributed by atoms with E-state index in [1.807, 2.05) is 6.07 Å². The summed E-state index contributed by atoms with van der Waals surface area (Å²) in [6.07, 6.45) is 1.34. The van der Waals surface area contributed by atoms with Crippen LogP contribution in [0.2, 0.25) is 0 Å². The lowest BCUT2D eigenvalue weighted by atomic mass is 10.1. The van der Waals surface area contributed by atoms with Gasteiger partial charge in [0.25, 0.3) is 5.91 Å². The lowest BCUT2D eigenvalue weighted by Crippen LogP contribution is -2.13. The van der Waals surface area contributed by atoms with Gasteiger partial charge in [-0.25, -0.2) is 4.79 Å². The summed E-state index contributed by atoms with van der Waals surface area (Å²) in [5.41, 5.74) is 0.918. The molecule has 0 fully saturated rings. The van der Waals surface area contributed by atoms with E-state index in [0.29, 0.717) is 16.8 Å². The number of nitriles is 1. The molecular formula is C24H16Br2N2O6S. The van der Waals surface area contributed by atoms with Gasteiger partial charge in [0.05, 0.1) is 21.6 Å². The normalized spacial score (nSPS) is 11.3. The Balaban J connectivity index is 1.81. The fourth-order valence-corrected chi connectivity index (χ4v) is 5.39. The third-order valence-electron chi connectivity index (χ3n) is 4.49. The summed E-state index contributed by atoms with van der Waals surface area (Å²) in [6, 6.07) is 18.5. The molecule has 35 heavy (non-hydrogen) atoms. The minimum atomic E-state index is -4.08. The number of amides is 1. The van der Waals surface area contributed by atoms with Gasteiger partial charge in [-0.15, -0.1) is 0 Å². The van der Waals surface area contributed by atoms with Crippen molar-refractivity contribution in [1.29, 1.82) is 5.26 Å². The Bertz CT molecular complexity index is 1420. The molecule has 3 rings (SSSR count). The zero-order valence-electron chi connectivity index (χ0n) is 18.0. The number of halogens is 2. The van der Waals surface area contributed by atoms with Crippen molar-refractivity contribution >= 4 is 65.6 Å². The van der Waals surface area contributed by atoms with Crippen LogP contribution in [0.1, 0.15) is 15.9 Å². The maximum atomic E-state index is 12.6. The highest BCUT2D eigenvalue weighted by Gasteiger charge is 2.20. The van der Waals surface area contributed by atoms with Crippen LogP contribution in [-0.2, 0) is 19.6 Å². The lowest BCUT2D eigenvalue weighted by Gasteiger charge is -2.11. The largest absolute Gasteiger partial charge is 0.465 e. The number of anilines is 1.